The van der Waals surface area contributed by atoms with Gasteiger partial charge >= 0.3 is 0 Å². The van der Waals surface area contributed by atoms with Gasteiger partial charge in [-0.15, -0.1) is 0 Å². The van der Waals surface area contributed by atoms with Crippen molar-refractivity contribution in [3.05, 3.63) is 35.1 Å². The first-order valence-electron chi connectivity index (χ1n) is 5.34. The number of halogens is 1. The van der Waals surface area contributed by atoms with Gasteiger partial charge in [0.1, 0.15) is 0 Å². The van der Waals surface area contributed by atoms with Crippen LogP contribution in [0.2, 0.25) is 5.02 Å². The summed E-state index contributed by atoms with van der Waals surface area (Å²) in [6, 6.07) is 5.13. The Kier molecular flexibility index (Phi) is 3.66. The molecular formula is C12H13ClN2O2. The Bertz CT molecular complexity index is 472. The fraction of sp³-hybridized carbons (Fsp3) is 0.250. The number of benzene rings is 1. The summed E-state index contributed by atoms with van der Waals surface area (Å²) in [6.45, 7) is 0.799. The molecule has 1 amide bonds. The van der Waals surface area contributed by atoms with E-state index in [-0.39, 0.29) is 5.91 Å². The Morgan fingerprint density at radius 2 is 2.35 bits per heavy atom. The van der Waals surface area contributed by atoms with E-state index in [1.165, 1.54) is 0 Å². The number of fused-ring (bicyclic) bond motifs is 1. The lowest BCUT2D eigenvalue weighted by molar-refractivity contribution is -0.115. The molecule has 1 aromatic rings. The number of rotatable bonds is 3. The number of hydrogen-bond donors (Lipinski definition) is 2. The van der Waals surface area contributed by atoms with E-state index < -0.39 is 0 Å². The van der Waals surface area contributed by atoms with Crippen molar-refractivity contribution in [1.29, 1.82) is 0 Å². The van der Waals surface area contributed by atoms with Gasteiger partial charge in [0.2, 0.25) is 0 Å². The van der Waals surface area contributed by atoms with Gasteiger partial charge in [-0.3, -0.25) is 4.79 Å². The van der Waals surface area contributed by atoms with Crippen molar-refractivity contribution >= 4 is 23.2 Å². The molecule has 1 aliphatic rings. The van der Waals surface area contributed by atoms with Gasteiger partial charge in [0.25, 0.3) is 5.91 Å². The number of nitrogens with one attached hydrogen (secondary N) is 2. The van der Waals surface area contributed by atoms with E-state index in [9.17, 15) is 4.79 Å². The maximum Gasteiger partial charge on any atom is 0.291 e. The third-order valence-electron chi connectivity index (χ3n) is 2.36. The number of carbonyl (C=O) groups excluding carboxylic acids is 1. The van der Waals surface area contributed by atoms with Gasteiger partial charge < -0.3 is 15.4 Å². The lowest BCUT2D eigenvalue weighted by atomic mass is 10.2. The Morgan fingerprint density at radius 3 is 3.12 bits per heavy atom. The summed E-state index contributed by atoms with van der Waals surface area (Å²) >= 11 is 5.83. The average Bonchev–Trinajstić information content (AvgIpc) is 2.30. The minimum absolute atomic E-state index is 0.240. The smallest absolute Gasteiger partial charge is 0.291 e. The van der Waals surface area contributed by atoms with Gasteiger partial charge in [-0.05, 0) is 44.3 Å². The van der Waals surface area contributed by atoms with Gasteiger partial charge in [-0.2, -0.15) is 0 Å². The fourth-order valence-corrected chi connectivity index (χ4v) is 1.69. The predicted molar refractivity (Wildman–Crippen MR) is 67.3 cm³/mol. The highest BCUT2D eigenvalue weighted by Crippen LogP contribution is 2.33. The van der Waals surface area contributed by atoms with Crippen LogP contribution < -0.4 is 15.4 Å². The van der Waals surface area contributed by atoms with Gasteiger partial charge in [0, 0.05) is 5.02 Å². The lowest BCUT2D eigenvalue weighted by Crippen LogP contribution is -2.23. The number of ether oxygens (including phenoxy) is 1. The fourth-order valence-electron chi connectivity index (χ4n) is 1.52. The molecule has 2 rings (SSSR count). The molecule has 0 aliphatic carbocycles. The summed E-state index contributed by atoms with van der Waals surface area (Å²) in [4.78, 5) is 11.7. The average molecular weight is 253 g/mol. The summed E-state index contributed by atoms with van der Waals surface area (Å²) in [7, 11) is 1.86. The monoisotopic (exact) mass is 252 g/mol. The van der Waals surface area contributed by atoms with Crippen LogP contribution in [0.5, 0.6) is 5.75 Å². The maximum atomic E-state index is 11.7. The number of anilines is 1. The van der Waals surface area contributed by atoms with Crippen molar-refractivity contribution < 1.29 is 9.53 Å². The second-order valence-corrected chi connectivity index (χ2v) is 4.09. The van der Waals surface area contributed by atoms with Crippen molar-refractivity contribution in [3.63, 3.8) is 0 Å². The summed E-state index contributed by atoms with van der Waals surface area (Å²) in [5, 5.41) is 6.31. The third-order valence-corrected chi connectivity index (χ3v) is 2.59. The zero-order valence-electron chi connectivity index (χ0n) is 9.42. The molecule has 0 aromatic heterocycles. The first kappa shape index (κ1) is 12.0. The van der Waals surface area contributed by atoms with Crippen molar-refractivity contribution in [1.82, 2.24) is 5.32 Å². The van der Waals surface area contributed by atoms with Crippen molar-refractivity contribution in [2.75, 3.05) is 18.9 Å². The van der Waals surface area contributed by atoms with E-state index in [1.54, 1.807) is 24.3 Å². The molecule has 1 aliphatic heterocycles. The van der Waals surface area contributed by atoms with Crippen LogP contribution in [0.15, 0.2) is 30.0 Å². The van der Waals surface area contributed by atoms with Gasteiger partial charge in [0.15, 0.2) is 11.5 Å². The van der Waals surface area contributed by atoms with Crippen LogP contribution in [0.4, 0.5) is 5.69 Å². The Hall–Kier alpha value is -1.52. The highest BCUT2D eigenvalue weighted by atomic mass is 35.5. The van der Waals surface area contributed by atoms with Crippen molar-refractivity contribution in [3.8, 4) is 5.75 Å². The summed E-state index contributed by atoms with van der Waals surface area (Å²) in [5.41, 5.74) is 0.605. The summed E-state index contributed by atoms with van der Waals surface area (Å²) in [6.07, 6.45) is 2.51. The zero-order chi connectivity index (χ0) is 12.3. The zero-order valence-corrected chi connectivity index (χ0v) is 10.2. The van der Waals surface area contributed by atoms with Crippen molar-refractivity contribution in [2.24, 2.45) is 0 Å². The molecule has 0 saturated heterocycles. The van der Waals surface area contributed by atoms with Crippen LogP contribution in [0.25, 0.3) is 0 Å². The van der Waals surface area contributed by atoms with Crippen LogP contribution in [-0.2, 0) is 4.79 Å². The van der Waals surface area contributed by atoms with Crippen molar-refractivity contribution in [2.45, 2.75) is 6.42 Å². The first-order chi connectivity index (χ1) is 8.20. The number of hydrogen-bond acceptors (Lipinski definition) is 3. The number of carbonyl (C=O) groups is 1. The van der Waals surface area contributed by atoms with Gasteiger partial charge in [-0.1, -0.05) is 11.6 Å². The molecule has 0 spiro atoms. The van der Waals surface area contributed by atoms with Crippen LogP contribution in [0.3, 0.4) is 0 Å². The van der Waals surface area contributed by atoms with E-state index in [2.05, 4.69) is 10.6 Å². The Balaban J connectivity index is 2.18. The molecule has 17 heavy (non-hydrogen) atoms. The molecule has 0 bridgehead atoms. The van der Waals surface area contributed by atoms with E-state index in [1.807, 2.05) is 7.05 Å². The van der Waals surface area contributed by atoms with Crippen LogP contribution in [0, 0.1) is 0 Å². The molecule has 0 atom stereocenters. The van der Waals surface area contributed by atoms with Gasteiger partial charge in [0.05, 0.1) is 5.69 Å². The third kappa shape index (κ3) is 2.78. The maximum absolute atomic E-state index is 11.7. The van der Waals surface area contributed by atoms with Crippen LogP contribution in [-0.4, -0.2) is 19.5 Å². The lowest BCUT2D eigenvalue weighted by Gasteiger charge is -2.19. The normalized spacial score (nSPS) is 16.4. The predicted octanol–water partition coefficient (Wildman–Crippen LogP) is 2.16. The van der Waals surface area contributed by atoms with Gasteiger partial charge in [-0.25, -0.2) is 0 Å². The SMILES string of the molecule is CNCC/C=C1\Oc2ccc(Cl)cc2NC1=O. The van der Waals surface area contributed by atoms with Crippen LogP contribution >= 0.6 is 11.6 Å². The second kappa shape index (κ2) is 5.21. The molecule has 5 heteroatoms. The molecular weight excluding hydrogens is 240 g/mol. The molecule has 1 heterocycles. The highest BCUT2D eigenvalue weighted by Gasteiger charge is 2.21. The quantitative estimate of drug-likeness (QED) is 0.640. The van der Waals surface area contributed by atoms with E-state index in [4.69, 9.17) is 16.3 Å². The summed E-state index contributed by atoms with van der Waals surface area (Å²) < 4.78 is 5.51. The molecule has 4 nitrogen and oxygen atoms in total. The highest BCUT2D eigenvalue weighted by molar-refractivity contribution is 6.31. The standard InChI is InChI=1S/C12H13ClN2O2/c1-14-6-2-3-11-12(16)15-9-7-8(13)4-5-10(9)17-11/h3-5,7,14H,2,6H2,1H3,(H,15,16)/b11-3-. The first-order valence-corrected chi connectivity index (χ1v) is 5.72. The topological polar surface area (TPSA) is 50.4 Å². The van der Waals surface area contributed by atoms with E-state index in [0.29, 0.717) is 22.2 Å². The minimum Gasteiger partial charge on any atom is -0.450 e. The van der Waals surface area contributed by atoms with E-state index in [0.717, 1.165) is 13.0 Å². The molecule has 2 N–H and O–H groups in total. The van der Waals surface area contributed by atoms with Crippen LogP contribution in [0.1, 0.15) is 6.42 Å². The molecule has 0 saturated carbocycles. The minimum atomic E-state index is -0.240. The number of amides is 1. The second-order valence-electron chi connectivity index (χ2n) is 3.66. The molecule has 0 radical (unpaired) electrons. The molecule has 0 fully saturated rings. The summed E-state index contributed by atoms with van der Waals surface area (Å²) in [5.74, 6) is 0.704. The molecule has 90 valence electrons. The Morgan fingerprint density at radius 1 is 1.53 bits per heavy atom. The molecule has 1 aromatic carbocycles. The Labute approximate surface area is 105 Å². The van der Waals surface area contributed by atoms with E-state index >= 15 is 0 Å². The molecule has 0 unspecified atom stereocenters. The largest absolute Gasteiger partial charge is 0.450 e.